The molecule has 1 aromatic heterocycles. The third-order valence-corrected chi connectivity index (χ3v) is 2.38. The summed E-state index contributed by atoms with van der Waals surface area (Å²) < 4.78 is 0. The number of hydrogen-bond acceptors (Lipinski definition) is 4. The minimum absolute atomic E-state index is 0.110. The van der Waals surface area contributed by atoms with Gasteiger partial charge in [0.1, 0.15) is 0 Å². The van der Waals surface area contributed by atoms with E-state index >= 15 is 0 Å². The average molecular weight is 280 g/mol. The number of pyridine rings is 1. The second kappa shape index (κ2) is 7.72. The van der Waals surface area contributed by atoms with E-state index in [1.54, 1.807) is 0 Å². The molecule has 0 fully saturated rings. The van der Waals surface area contributed by atoms with Crippen molar-refractivity contribution in [2.45, 2.75) is 19.4 Å². The van der Waals surface area contributed by atoms with Crippen LogP contribution in [0.5, 0.6) is 0 Å². The number of carboxylic acids is 1. The number of hydrogen-bond donors (Lipinski definition) is 4. The molecule has 1 heterocycles. The number of nitrogens with zero attached hydrogens (tertiary/aromatic N) is 1. The van der Waals surface area contributed by atoms with Crippen molar-refractivity contribution in [2.24, 2.45) is 5.73 Å². The van der Waals surface area contributed by atoms with Gasteiger partial charge in [-0.15, -0.1) is 0 Å². The summed E-state index contributed by atoms with van der Waals surface area (Å²) in [5, 5.41) is 13.9. The molecule has 0 aliphatic rings. The van der Waals surface area contributed by atoms with Gasteiger partial charge in [-0.05, 0) is 18.6 Å². The zero-order valence-electron chi connectivity index (χ0n) is 10.8. The standard InChI is InChI=1S/C12H16N4O4/c13-10(17)2-1-4-15-12(20)16-7-9-6-8(11(18)19)3-5-14-9/h3,5-6H,1-2,4,7H2,(H2,13,17)(H,18,19)(H2,15,16,20). The fraction of sp³-hybridized carbons (Fsp3) is 0.333. The summed E-state index contributed by atoms with van der Waals surface area (Å²) in [5.74, 6) is -1.47. The Morgan fingerprint density at radius 2 is 2.05 bits per heavy atom. The molecule has 1 aromatic rings. The summed E-state index contributed by atoms with van der Waals surface area (Å²) in [6.07, 6.45) is 2.04. The van der Waals surface area contributed by atoms with Crippen LogP contribution < -0.4 is 16.4 Å². The minimum Gasteiger partial charge on any atom is -0.478 e. The Labute approximate surface area is 115 Å². The van der Waals surface area contributed by atoms with Crippen molar-refractivity contribution in [2.75, 3.05) is 6.54 Å². The second-order valence-electron chi connectivity index (χ2n) is 4.02. The van der Waals surface area contributed by atoms with Gasteiger partial charge in [-0.1, -0.05) is 0 Å². The number of nitrogens with two attached hydrogens (primary N) is 1. The Morgan fingerprint density at radius 1 is 1.30 bits per heavy atom. The molecule has 8 heteroatoms. The Morgan fingerprint density at radius 3 is 2.70 bits per heavy atom. The summed E-state index contributed by atoms with van der Waals surface area (Å²) in [4.78, 5) is 36.6. The molecule has 0 bridgehead atoms. The molecule has 0 unspecified atom stereocenters. The van der Waals surface area contributed by atoms with E-state index in [2.05, 4.69) is 15.6 Å². The van der Waals surface area contributed by atoms with Crippen LogP contribution in [0.15, 0.2) is 18.3 Å². The molecule has 0 radical (unpaired) electrons. The van der Waals surface area contributed by atoms with Crippen molar-refractivity contribution in [1.82, 2.24) is 15.6 Å². The molecule has 20 heavy (non-hydrogen) atoms. The van der Waals surface area contributed by atoms with E-state index in [-0.39, 0.29) is 18.5 Å². The molecule has 8 nitrogen and oxygen atoms in total. The monoisotopic (exact) mass is 280 g/mol. The first-order valence-electron chi connectivity index (χ1n) is 5.97. The predicted molar refractivity (Wildman–Crippen MR) is 69.9 cm³/mol. The van der Waals surface area contributed by atoms with Crippen LogP contribution in [0.3, 0.4) is 0 Å². The van der Waals surface area contributed by atoms with E-state index in [1.165, 1.54) is 18.3 Å². The molecule has 0 spiro atoms. The van der Waals surface area contributed by atoms with Gasteiger partial charge in [-0.2, -0.15) is 0 Å². The summed E-state index contributed by atoms with van der Waals surface area (Å²) in [5.41, 5.74) is 5.51. The lowest BCUT2D eigenvalue weighted by Gasteiger charge is -2.07. The smallest absolute Gasteiger partial charge is 0.335 e. The summed E-state index contributed by atoms with van der Waals surface area (Å²) in [7, 11) is 0. The lowest BCUT2D eigenvalue weighted by atomic mass is 10.2. The highest BCUT2D eigenvalue weighted by Crippen LogP contribution is 2.01. The van der Waals surface area contributed by atoms with Gasteiger partial charge in [-0.25, -0.2) is 9.59 Å². The van der Waals surface area contributed by atoms with Gasteiger partial charge in [0.15, 0.2) is 0 Å². The molecule has 108 valence electrons. The van der Waals surface area contributed by atoms with Crippen LogP contribution in [0.2, 0.25) is 0 Å². The quantitative estimate of drug-likeness (QED) is 0.515. The average Bonchev–Trinajstić information content (AvgIpc) is 2.41. The van der Waals surface area contributed by atoms with Gasteiger partial charge >= 0.3 is 12.0 Å². The number of amides is 3. The van der Waals surface area contributed by atoms with Crippen LogP contribution in [0, 0.1) is 0 Å². The number of carbonyl (C=O) groups is 3. The molecular formula is C12H16N4O4. The normalized spacial score (nSPS) is 9.80. The van der Waals surface area contributed by atoms with Crippen molar-refractivity contribution in [3.05, 3.63) is 29.6 Å². The van der Waals surface area contributed by atoms with Gasteiger partial charge in [-0.3, -0.25) is 9.78 Å². The van der Waals surface area contributed by atoms with Gasteiger partial charge in [0, 0.05) is 19.2 Å². The molecule has 3 amide bonds. The van der Waals surface area contributed by atoms with Crippen LogP contribution in [0.4, 0.5) is 4.79 Å². The first-order chi connectivity index (χ1) is 9.49. The number of urea groups is 1. The lowest BCUT2D eigenvalue weighted by Crippen LogP contribution is -2.36. The van der Waals surface area contributed by atoms with Crippen LogP contribution in [0.1, 0.15) is 28.9 Å². The molecule has 5 N–H and O–H groups in total. The number of carboxylic acid groups (broad SMARTS) is 1. The van der Waals surface area contributed by atoms with Gasteiger partial charge in [0.05, 0.1) is 17.8 Å². The number of aromatic carboxylic acids is 1. The van der Waals surface area contributed by atoms with Crippen LogP contribution in [-0.4, -0.2) is 34.5 Å². The largest absolute Gasteiger partial charge is 0.478 e. The zero-order valence-corrected chi connectivity index (χ0v) is 10.8. The van der Waals surface area contributed by atoms with E-state index in [0.29, 0.717) is 18.7 Å². The van der Waals surface area contributed by atoms with Crippen LogP contribution in [0.25, 0.3) is 0 Å². The van der Waals surface area contributed by atoms with Crippen molar-refractivity contribution in [1.29, 1.82) is 0 Å². The molecule has 0 atom stereocenters. The zero-order chi connectivity index (χ0) is 15.0. The topological polar surface area (TPSA) is 134 Å². The van der Waals surface area contributed by atoms with Gasteiger partial charge in [0.2, 0.25) is 5.91 Å². The molecule has 1 rings (SSSR count). The molecule has 0 aliphatic carbocycles. The first kappa shape index (κ1) is 15.4. The number of primary amides is 1. The second-order valence-corrected chi connectivity index (χ2v) is 4.02. The molecular weight excluding hydrogens is 264 g/mol. The molecule has 0 saturated carbocycles. The van der Waals surface area contributed by atoms with Gasteiger partial charge < -0.3 is 21.5 Å². The SMILES string of the molecule is NC(=O)CCCNC(=O)NCc1cc(C(=O)O)ccn1. The highest BCUT2D eigenvalue weighted by atomic mass is 16.4. The predicted octanol–water partition coefficient (Wildman–Crippen LogP) is -0.156. The number of rotatable bonds is 7. The summed E-state index contributed by atoms with van der Waals surface area (Å²) >= 11 is 0. The summed E-state index contributed by atoms with van der Waals surface area (Å²) in [6.45, 7) is 0.445. The molecule has 0 saturated heterocycles. The molecule has 0 aromatic carbocycles. The highest BCUT2D eigenvalue weighted by molar-refractivity contribution is 5.87. The Balaban J connectivity index is 2.32. The third-order valence-electron chi connectivity index (χ3n) is 2.38. The Bertz CT molecular complexity index is 504. The molecule has 0 aliphatic heterocycles. The van der Waals surface area contributed by atoms with E-state index in [4.69, 9.17) is 10.8 Å². The fourth-order valence-corrected chi connectivity index (χ4v) is 1.41. The number of aromatic nitrogens is 1. The maximum Gasteiger partial charge on any atom is 0.335 e. The number of nitrogens with one attached hydrogen (secondary N) is 2. The van der Waals surface area contributed by atoms with Crippen molar-refractivity contribution in [3.8, 4) is 0 Å². The summed E-state index contributed by atoms with van der Waals surface area (Å²) in [6, 6.07) is 2.34. The van der Waals surface area contributed by atoms with E-state index in [1.807, 2.05) is 0 Å². The number of carbonyl (C=O) groups excluding carboxylic acids is 2. The van der Waals surface area contributed by atoms with Crippen LogP contribution in [-0.2, 0) is 11.3 Å². The third kappa shape index (κ3) is 5.80. The van der Waals surface area contributed by atoms with Crippen LogP contribution >= 0.6 is 0 Å². The lowest BCUT2D eigenvalue weighted by molar-refractivity contribution is -0.118. The van der Waals surface area contributed by atoms with Crippen molar-refractivity contribution >= 4 is 17.9 Å². The van der Waals surface area contributed by atoms with Crippen molar-refractivity contribution in [3.63, 3.8) is 0 Å². The van der Waals surface area contributed by atoms with E-state index in [0.717, 1.165) is 0 Å². The first-order valence-corrected chi connectivity index (χ1v) is 5.97. The Kier molecular flexibility index (Phi) is 5.95. The van der Waals surface area contributed by atoms with E-state index in [9.17, 15) is 14.4 Å². The van der Waals surface area contributed by atoms with E-state index < -0.39 is 17.9 Å². The highest BCUT2D eigenvalue weighted by Gasteiger charge is 2.05. The van der Waals surface area contributed by atoms with Crippen molar-refractivity contribution < 1.29 is 19.5 Å². The maximum atomic E-state index is 11.4. The maximum absolute atomic E-state index is 11.4. The van der Waals surface area contributed by atoms with Gasteiger partial charge in [0.25, 0.3) is 0 Å². The minimum atomic E-state index is -1.05. The fourth-order valence-electron chi connectivity index (χ4n) is 1.41. The Hall–Kier alpha value is -2.64.